The molecule has 1 saturated carbocycles. The number of pyridine rings is 1. The molecule has 1 aliphatic carbocycles. The van der Waals surface area contributed by atoms with E-state index in [2.05, 4.69) is 15.3 Å². The highest BCUT2D eigenvalue weighted by Crippen LogP contribution is 2.40. The van der Waals surface area contributed by atoms with Crippen LogP contribution in [-0.4, -0.2) is 52.0 Å². The van der Waals surface area contributed by atoms with Crippen molar-refractivity contribution in [2.45, 2.75) is 51.5 Å². The van der Waals surface area contributed by atoms with Gasteiger partial charge in [-0.25, -0.2) is 9.78 Å². The summed E-state index contributed by atoms with van der Waals surface area (Å²) >= 11 is 0. The van der Waals surface area contributed by atoms with Gasteiger partial charge in [-0.15, -0.1) is 0 Å². The maximum atomic E-state index is 13.4. The molecular formula is C21H29N5O3. The average molecular weight is 399 g/mol. The minimum absolute atomic E-state index is 0.127. The SMILES string of the molecule is CCn1c(=O)[nH]c(=O)c2c(C(=O)N3CCC(CCNC)CC3)cc(C3CC3)nc21. The van der Waals surface area contributed by atoms with Crippen LogP contribution >= 0.6 is 0 Å². The molecule has 0 spiro atoms. The third kappa shape index (κ3) is 3.85. The lowest BCUT2D eigenvalue weighted by Crippen LogP contribution is -2.40. The number of amides is 1. The maximum Gasteiger partial charge on any atom is 0.329 e. The summed E-state index contributed by atoms with van der Waals surface area (Å²) in [6.45, 7) is 4.60. The normalized spacial score (nSPS) is 17.8. The van der Waals surface area contributed by atoms with E-state index in [1.807, 2.05) is 18.9 Å². The predicted octanol–water partition coefficient (Wildman–Crippen LogP) is 1.44. The molecule has 156 valence electrons. The van der Waals surface area contributed by atoms with Gasteiger partial charge in [0, 0.05) is 31.2 Å². The number of piperidine rings is 1. The number of H-pyrrole nitrogens is 1. The summed E-state index contributed by atoms with van der Waals surface area (Å²) in [6, 6.07) is 1.79. The molecule has 2 aromatic rings. The van der Waals surface area contributed by atoms with Crippen molar-refractivity contribution < 1.29 is 4.79 Å². The topological polar surface area (TPSA) is 100 Å². The number of nitrogens with one attached hydrogen (secondary N) is 2. The molecule has 0 aromatic carbocycles. The first-order valence-corrected chi connectivity index (χ1v) is 10.6. The lowest BCUT2D eigenvalue weighted by molar-refractivity contribution is 0.0689. The Hall–Kier alpha value is -2.48. The van der Waals surface area contributed by atoms with Gasteiger partial charge in [0.1, 0.15) is 0 Å². The van der Waals surface area contributed by atoms with Crippen molar-refractivity contribution in [3.63, 3.8) is 0 Å². The number of rotatable bonds is 6. The minimum atomic E-state index is -0.531. The maximum absolute atomic E-state index is 13.4. The number of carbonyl (C=O) groups excluding carboxylic acids is 1. The van der Waals surface area contributed by atoms with E-state index in [1.54, 1.807) is 6.07 Å². The van der Waals surface area contributed by atoms with E-state index in [-0.39, 0.29) is 11.3 Å². The lowest BCUT2D eigenvalue weighted by atomic mass is 9.93. The van der Waals surface area contributed by atoms with Gasteiger partial charge >= 0.3 is 5.69 Å². The van der Waals surface area contributed by atoms with Crippen LogP contribution in [0.25, 0.3) is 11.0 Å². The molecule has 3 heterocycles. The van der Waals surface area contributed by atoms with Crippen LogP contribution in [0, 0.1) is 5.92 Å². The van der Waals surface area contributed by atoms with Crippen LogP contribution in [0.5, 0.6) is 0 Å². The molecule has 1 saturated heterocycles. The van der Waals surface area contributed by atoms with Gasteiger partial charge in [-0.3, -0.25) is 19.1 Å². The van der Waals surface area contributed by atoms with Gasteiger partial charge in [-0.2, -0.15) is 0 Å². The first-order valence-electron chi connectivity index (χ1n) is 10.6. The highest BCUT2D eigenvalue weighted by molar-refractivity contribution is 6.05. The number of aromatic amines is 1. The van der Waals surface area contributed by atoms with E-state index in [9.17, 15) is 14.4 Å². The zero-order valence-electron chi connectivity index (χ0n) is 17.2. The van der Waals surface area contributed by atoms with E-state index in [0.29, 0.717) is 42.7 Å². The number of aromatic nitrogens is 3. The van der Waals surface area contributed by atoms with Crippen molar-refractivity contribution in [1.29, 1.82) is 0 Å². The van der Waals surface area contributed by atoms with Crippen molar-refractivity contribution in [3.05, 3.63) is 38.2 Å². The van der Waals surface area contributed by atoms with Crippen molar-refractivity contribution in [2.75, 3.05) is 26.7 Å². The number of hydrogen-bond acceptors (Lipinski definition) is 5. The number of hydrogen-bond donors (Lipinski definition) is 2. The van der Waals surface area contributed by atoms with E-state index in [1.165, 1.54) is 4.57 Å². The second-order valence-electron chi connectivity index (χ2n) is 8.20. The van der Waals surface area contributed by atoms with E-state index in [4.69, 9.17) is 0 Å². The highest BCUT2D eigenvalue weighted by atomic mass is 16.2. The fraction of sp³-hybridized carbons (Fsp3) is 0.619. The van der Waals surface area contributed by atoms with Crippen LogP contribution < -0.4 is 16.6 Å². The number of fused-ring (bicyclic) bond motifs is 1. The standard InChI is InChI=1S/C21H29N5O3/c1-3-26-18-17(19(27)24-21(26)29)15(12-16(23-18)14-4-5-14)20(28)25-10-7-13(8-11-25)6-9-22-2/h12-14,22H,3-11H2,1-2H3,(H,24,27,29). The lowest BCUT2D eigenvalue weighted by Gasteiger charge is -2.32. The quantitative estimate of drug-likeness (QED) is 0.766. The Morgan fingerprint density at radius 3 is 2.59 bits per heavy atom. The van der Waals surface area contributed by atoms with E-state index < -0.39 is 11.2 Å². The Morgan fingerprint density at radius 2 is 1.97 bits per heavy atom. The van der Waals surface area contributed by atoms with Gasteiger partial charge in [-0.05, 0) is 64.6 Å². The monoisotopic (exact) mass is 399 g/mol. The summed E-state index contributed by atoms with van der Waals surface area (Å²) in [5.74, 6) is 0.812. The van der Waals surface area contributed by atoms with Crippen molar-refractivity contribution >= 4 is 16.9 Å². The van der Waals surface area contributed by atoms with Gasteiger partial charge in [0.15, 0.2) is 5.65 Å². The molecule has 1 aliphatic heterocycles. The summed E-state index contributed by atoms with van der Waals surface area (Å²) in [5.41, 5.74) is 0.523. The molecule has 2 aromatic heterocycles. The van der Waals surface area contributed by atoms with Crippen LogP contribution in [0.1, 0.15) is 61.0 Å². The van der Waals surface area contributed by atoms with Crippen LogP contribution in [0.4, 0.5) is 0 Å². The number of likely N-dealkylation sites (tertiary alicyclic amines) is 1. The smallest absolute Gasteiger partial charge is 0.329 e. The summed E-state index contributed by atoms with van der Waals surface area (Å²) in [6.07, 6.45) is 5.12. The molecule has 0 atom stereocenters. The van der Waals surface area contributed by atoms with Crippen molar-refractivity contribution in [3.8, 4) is 0 Å². The molecule has 8 nitrogen and oxygen atoms in total. The first-order chi connectivity index (χ1) is 14.0. The molecule has 2 aliphatic rings. The van der Waals surface area contributed by atoms with Crippen LogP contribution in [0.3, 0.4) is 0 Å². The van der Waals surface area contributed by atoms with E-state index >= 15 is 0 Å². The largest absolute Gasteiger partial charge is 0.339 e. The number of aryl methyl sites for hydroxylation is 1. The Kier molecular flexibility index (Phi) is 5.54. The molecule has 0 radical (unpaired) electrons. The minimum Gasteiger partial charge on any atom is -0.339 e. The van der Waals surface area contributed by atoms with Gasteiger partial charge < -0.3 is 10.2 Å². The third-order valence-corrected chi connectivity index (χ3v) is 6.22. The second-order valence-corrected chi connectivity index (χ2v) is 8.20. The number of carbonyl (C=O) groups is 1. The highest BCUT2D eigenvalue weighted by Gasteiger charge is 2.31. The predicted molar refractivity (Wildman–Crippen MR) is 111 cm³/mol. The van der Waals surface area contributed by atoms with Crippen LogP contribution in [0.2, 0.25) is 0 Å². The molecule has 2 N–H and O–H groups in total. The van der Waals surface area contributed by atoms with Crippen LogP contribution in [0.15, 0.2) is 15.7 Å². The fourth-order valence-electron chi connectivity index (χ4n) is 4.29. The Labute approximate surface area is 169 Å². The van der Waals surface area contributed by atoms with E-state index in [0.717, 1.165) is 44.3 Å². The number of nitrogens with zero attached hydrogens (tertiary/aromatic N) is 3. The van der Waals surface area contributed by atoms with Gasteiger partial charge in [0.25, 0.3) is 11.5 Å². The Bertz CT molecular complexity index is 1030. The fourth-order valence-corrected chi connectivity index (χ4v) is 4.29. The third-order valence-electron chi connectivity index (χ3n) is 6.22. The van der Waals surface area contributed by atoms with Gasteiger partial charge in [-0.1, -0.05) is 0 Å². The Balaban J connectivity index is 1.72. The zero-order chi connectivity index (χ0) is 20.5. The second kappa shape index (κ2) is 8.10. The molecule has 4 rings (SSSR count). The molecule has 0 bridgehead atoms. The van der Waals surface area contributed by atoms with Crippen LogP contribution in [-0.2, 0) is 6.54 Å². The first kappa shape index (κ1) is 19.8. The summed E-state index contributed by atoms with van der Waals surface area (Å²) in [4.78, 5) is 47.2. The molecule has 29 heavy (non-hydrogen) atoms. The summed E-state index contributed by atoms with van der Waals surface area (Å²) in [7, 11) is 1.96. The molecule has 2 fully saturated rings. The molecule has 8 heteroatoms. The summed E-state index contributed by atoms with van der Waals surface area (Å²) in [5, 5.41) is 3.42. The van der Waals surface area contributed by atoms with Crippen molar-refractivity contribution in [1.82, 2.24) is 24.8 Å². The molecular weight excluding hydrogens is 370 g/mol. The zero-order valence-corrected chi connectivity index (χ0v) is 17.2. The molecule has 0 unspecified atom stereocenters. The Morgan fingerprint density at radius 1 is 1.24 bits per heavy atom. The van der Waals surface area contributed by atoms with Gasteiger partial charge in [0.2, 0.25) is 0 Å². The van der Waals surface area contributed by atoms with Crippen molar-refractivity contribution in [2.24, 2.45) is 5.92 Å². The molecule has 1 amide bonds. The average Bonchev–Trinajstić information content (AvgIpc) is 3.57. The summed E-state index contributed by atoms with van der Waals surface area (Å²) < 4.78 is 1.45. The van der Waals surface area contributed by atoms with Gasteiger partial charge in [0.05, 0.1) is 10.9 Å².